The number of benzene rings is 3. The van der Waals surface area contributed by atoms with E-state index in [1.54, 1.807) is 16.8 Å². The predicted molar refractivity (Wildman–Crippen MR) is 121 cm³/mol. The molecule has 0 aliphatic rings. The zero-order chi connectivity index (χ0) is 21.0. The number of hydrogen-bond acceptors (Lipinski definition) is 4. The summed E-state index contributed by atoms with van der Waals surface area (Å²) in [5.41, 5.74) is 3.18. The van der Waals surface area contributed by atoms with Crippen molar-refractivity contribution in [2.24, 2.45) is 5.10 Å². The fraction of sp³-hybridized carbons (Fsp3) is 0. The Bertz CT molecular complexity index is 1270. The Morgan fingerprint density at radius 2 is 1.53 bits per heavy atom. The molecule has 6 nitrogen and oxygen atoms in total. The molecule has 0 atom stereocenters. The highest BCUT2D eigenvalue weighted by molar-refractivity contribution is 9.10. The molecule has 0 saturated carbocycles. The van der Waals surface area contributed by atoms with E-state index in [0.29, 0.717) is 11.3 Å². The third-order valence-corrected chi connectivity index (χ3v) is 6.08. The van der Waals surface area contributed by atoms with Crippen LogP contribution in [-0.2, 0) is 10.0 Å². The number of hydrazone groups is 1. The second-order valence-electron chi connectivity index (χ2n) is 6.39. The first-order valence-corrected chi connectivity index (χ1v) is 11.3. The van der Waals surface area contributed by atoms with E-state index in [1.165, 1.54) is 18.3 Å². The molecule has 0 aliphatic carbocycles. The largest absolute Gasteiger partial charge is 0.276 e. The molecule has 3 aromatic carbocycles. The number of sulfonamides is 1. The van der Waals surface area contributed by atoms with Gasteiger partial charge in [0.15, 0.2) is 0 Å². The maximum atomic E-state index is 12.5. The molecule has 4 rings (SSSR count). The van der Waals surface area contributed by atoms with Gasteiger partial charge in [-0.25, -0.2) is 9.51 Å². The highest BCUT2D eigenvalue weighted by atomic mass is 79.9. The van der Waals surface area contributed by atoms with E-state index in [-0.39, 0.29) is 4.90 Å². The molecule has 30 heavy (non-hydrogen) atoms. The number of hydrogen-bond donors (Lipinski definition) is 1. The molecule has 0 amide bonds. The van der Waals surface area contributed by atoms with Crippen LogP contribution in [0.15, 0.2) is 106 Å². The topological polar surface area (TPSA) is 76.3 Å². The van der Waals surface area contributed by atoms with Gasteiger partial charge in [-0.1, -0.05) is 64.5 Å². The molecule has 8 heteroatoms. The Balaban J connectivity index is 1.66. The lowest BCUT2D eigenvalue weighted by Crippen LogP contribution is -2.18. The van der Waals surface area contributed by atoms with Gasteiger partial charge >= 0.3 is 0 Å². The lowest BCUT2D eigenvalue weighted by atomic mass is 10.1. The monoisotopic (exact) mass is 480 g/mol. The highest BCUT2D eigenvalue weighted by Gasteiger charge is 2.14. The molecule has 0 spiro atoms. The average molecular weight is 481 g/mol. The molecule has 4 aromatic rings. The highest BCUT2D eigenvalue weighted by Crippen LogP contribution is 2.22. The van der Waals surface area contributed by atoms with Gasteiger partial charge in [-0.3, -0.25) is 0 Å². The van der Waals surface area contributed by atoms with Crippen LogP contribution in [0.3, 0.4) is 0 Å². The summed E-state index contributed by atoms with van der Waals surface area (Å²) in [6.07, 6.45) is 3.28. The normalized spacial score (nSPS) is 11.6. The molecule has 0 unspecified atom stereocenters. The van der Waals surface area contributed by atoms with Crippen molar-refractivity contribution in [1.29, 1.82) is 0 Å². The number of aromatic nitrogens is 2. The van der Waals surface area contributed by atoms with Gasteiger partial charge in [0.25, 0.3) is 10.0 Å². The summed E-state index contributed by atoms with van der Waals surface area (Å²) in [5.74, 6) is 0. The quantitative estimate of drug-likeness (QED) is 0.323. The van der Waals surface area contributed by atoms with Crippen molar-refractivity contribution in [2.45, 2.75) is 4.90 Å². The van der Waals surface area contributed by atoms with Gasteiger partial charge in [0.05, 0.1) is 16.8 Å². The van der Waals surface area contributed by atoms with Crippen LogP contribution in [0.2, 0.25) is 0 Å². The first kappa shape index (κ1) is 20.1. The molecule has 0 aliphatic heterocycles. The van der Waals surface area contributed by atoms with Crippen molar-refractivity contribution in [3.05, 3.63) is 101 Å². The molecule has 0 saturated heterocycles. The summed E-state index contributed by atoms with van der Waals surface area (Å²) in [4.78, 5) is 2.39. The van der Waals surface area contributed by atoms with Crippen molar-refractivity contribution in [2.75, 3.05) is 0 Å². The van der Waals surface area contributed by atoms with E-state index in [4.69, 9.17) is 0 Å². The minimum absolute atomic E-state index is 0.131. The number of nitrogens with one attached hydrogen (secondary N) is 1. The minimum atomic E-state index is -3.77. The van der Waals surface area contributed by atoms with E-state index in [1.807, 2.05) is 66.9 Å². The molecule has 0 radical (unpaired) electrons. The molecule has 150 valence electrons. The van der Waals surface area contributed by atoms with E-state index in [9.17, 15) is 8.42 Å². The van der Waals surface area contributed by atoms with Crippen molar-refractivity contribution < 1.29 is 8.42 Å². The van der Waals surface area contributed by atoms with Crippen LogP contribution < -0.4 is 4.83 Å². The van der Waals surface area contributed by atoms with Crippen LogP contribution in [0.5, 0.6) is 0 Å². The van der Waals surface area contributed by atoms with Gasteiger partial charge in [0.2, 0.25) is 0 Å². The van der Waals surface area contributed by atoms with Crippen LogP contribution in [0.25, 0.3) is 16.9 Å². The van der Waals surface area contributed by atoms with Crippen molar-refractivity contribution >= 4 is 32.2 Å². The van der Waals surface area contributed by atoms with Gasteiger partial charge in [0.1, 0.15) is 5.69 Å². The molecule has 1 aromatic heterocycles. The third-order valence-electron chi connectivity index (χ3n) is 4.31. The number of halogens is 1. The summed E-state index contributed by atoms with van der Waals surface area (Å²) in [6, 6.07) is 25.7. The molecular weight excluding hydrogens is 464 g/mol. The van der Waals surface area contributed by atoms with Gasteiger partial charge in [-0.05, 0) is 36.4 Å². The number of rotatable bonds is 6. The summed E-state index contributed by atoms with van der Waals surface area (Å²) in [7, 11) is -3.77. The SMILES string of the molecule is O=S(=O)(NN=Cc1cn(-c2ccccc2)nc1-c1ccccc1)c1ccc(Br)cc1. The second-order valence-corrected chi connectivity index (χ2v) is 8.96. The Kier molecular flexibility index (Phi) is 5.78. The third kappa shape index (κ3) is 4.50. The number of para-hydroxylation sites is 1. The Morgan fingerprint density at radius 1 is 0.900 bits per heavy atom. The maximum absolute atomic E-state index is 12.5. The number of nitrogens with zero attached hydrogens (tertiary/aromatic N) is 3. The molecule has 1 heterocycles. The molecular formula is C22H17BrN4O2S. The summed E-state index contributed by atoms with van der Waals surface area (Å²) >= 11 is 3.29. The fourth-order valence-electron chi connectivity index (χ4n) is 2.85. The maximum Gasteiger partial charge on any atom is 0.276 e. The Morgan fingerprint density at radius 3 is 2.20 bits per heavy atom. The van der Waals surface area contributed by atoms with Crippen LogP contribution in [0.1, 0.15) is 5.56 Å². The fourth-order valence-corrected chi connectivity index (χ4v) is 3.90. The summed E-state index contributed by atoms with van der Waals surface area (Å²) in [5, 5.41) is 8.65. The van der Waals surface area contributed by atoms with Crippen molar-refractivity contribution in [1.82, 2.24) is 14.6 Å². The van der Waals surface area contributed by atoms with Crippen LogP contribution in [0, 0.1) is 0 Å². The standard InChI is InChI=1S/C22H17BrN4O2S/c23-19-11-13-21(14-12-19)30(28,29)26-24-15-18-16-27(20-9-5-2-6-10-20)25-22(18)17-7-3-1-4-8-17/h1-16,26H. The lowest BCUT2D eigenvalue weighted by molar-refractivity contribution is 0.584. The zero-order valence-electron chi connectivity index (χ0n) is 15.7. The van der Waals surface area contributed by atoms with E-state index in [2.05, 4.69) is 31.0 Å². The van der Waals surface area contributed by atoms with Crippen molar-refractivity contribution in [3.63, 3.8) is 0 Å². The average Bonchev–Trinajstić information content (AvgIpc) is 3.19. The van der Waals surface area contributed by atoms with Gasteiger partial charge < -0.3 is 0 Å². The summed E-state index contributed by atoms with van der Waals surface area (Å²) in [6.45, 7) is 0. The van der Waals surface area contributed by atoms with Gasteiger partial charge in [0, 0.05) is 21.8 Å². The smallest absolute Gasteiger partial charge is 0.240 e. The van der Waals surface area contributed by atoms with Crippen LogP contribution in [-0.4, -0.2) is 24.4 Å². The van der Waals surface area contributed by atoms with E-state index >= 15 is 0 Å². The molecule has 1 N–H and O–H groups in total. The Hall–Kier alpha value is -3.23. The predicted octanol–water partition coefficient (Wildman–Crippen LogP) is 4.61. The molecule has 0 bridgehead atoms. The second kappa shape index (κ2) is 8.64. The molecule has 0 fully saturated rings. The van der Waals surface area contributed by atoms with Gasteiger partial charge in [-0.15, -0.1) is 0 Å². The van der Waals surface area contributed by atoms with E-state index < -0.39 is 10.0 Å². The van der Waals surface area contributed by atoms with Crippen LogP contribution >= 0.6 is 15.9 Å². The van der Waals surface area contributed by atoms with E-state index in [0.717, 1.165) is 15.7 Å². The minimum Gasteiger partial charge on any atom is -0.240 e. The summed E-state index contributed by atoms with van der Waals surface area (Å²) < 4.78 is 27.4. The van der Waals surface area contributed by atoms with Gasteiger partial charge in [-0.2, -0.15) is 18.6 Å². The Labute approximate surface area is 183 Å². The first-order chi connectivity index (χ1) is 14.5. The van der Waals surface area contributed by atoms with Crippen LogP contribution in [0.4, 0.5) is 0 Å². The zero-order valence-corrected chi connectivity index (χ0v) is 18.1. The lowest BCUT2D eigenvalue weighted by Gasteiger charge is -2.03. The van der Waals surface area contributed by atoms with Crippen molar-refractivity contribution in [3.8, 4) is 16.9 Å². The first-order valence-electron chi connectivity index (χ1n) is 9.04.